The van der Waals surface area contributed by atoms with Crippen molar-refractivity contribution in [3.8, 4) is 0 Å². The molecule has 1 fully saturated rings. The summed E-state index contributed by atoms with van der Waals surface area (Å²) < 4.78 is 5.31. The third-order valence-electron chi connectivity index (χ3n) is 3.73. The first-order valence-electron chi connectivity index (χ1n) is 7.30. The van der Waals surface area contributed by atoms with Crippen LogP contribution >= 0.6 is 0 Å². The Bertz CT molecular complexity index is 706. The van der Waals surface area contributed by atoms with E-state index in [1.165, 1.54) is 0 Å². The van der Waals surface area contributed by atoms with Crippen LogP contribution in [0.4, 0.5) is 5.69 Å². The minimum atomic E-state index is -0.550. The van der Waals surface area contributed by atoms with E-state index in [0.29, 0.717) is 5.56 Å². The summed E-state index contributed by atoms with van der Waals surface area (Å²) in [4.78, 5) is 24.6. The summed E-state index contributed by atoms with van der Waals surface area (Å²) in [5, 5.41) is 0. The molecule has 0 aliphatic heterocycles. The predicted molar refractivity (Wildman–Crippen MR) is 83.5 cm³/mol. The number of nitrogen functional groups attached to an aromatic ring is 1. The highest BCUT2D eigenvalue weighted by Crippen LogP contribution is 2.34. The topological polar surface area (TPSA) is 69.4 Å². The van der Waals surface area contributed by atoms with Crippen molar-refractivity contribution in [1.82, 2.24) is 0 Å². The number of nitrogens with two attached hydrogens (primary N) is 1. The average molecular weight is 295 g/mol. The number of anilines is 1. The van der Waals surface area contributed by atoms with E-state index in [-0.39, 0.29) is 29.6 Å². The number of rotatable bonds is 5. The Morgan fingerprint density at radius 1 is 1.05 bits per heavy atom. The Labute approximate surface area is 128 Å². The largest absolute Gasteiger partial charge is 0.457 e. The van der Waals surface area contributed by atoms with Crippen LogP contribution in [0.3, 0.4) is 0 Å². The fourth-order valence-electron chi connectivity index (χ4n) is 2.36. The first-order chi connectivity index (χ1) is 10.7. The van der Waals surface area contributed by atoms with Gasteiger partial charge in [0.05, 0.1) is 5.56 Å². The van der Waals surface area contributed by atoms with Gasteiger partial charge in [0, 0.05) is 17.2 Å². The van der Waals surface area contributed by atoms with E-state index in [1.807, 2.05) is 30.3 Å². The molecule has 4 heteroatoms. The SMILES string of the molecule is Nc1cccc(C(=O)C2CC2)c1C(=O)OCc1ccccc1. The van der Waals surface area contributed by atoms with Crippen molar-refractivity contribution in [3.63, 3.8) is 0 Å². The Morgan fingerprint density at radius 3 is 2.45 bits per heavy atom. The summed E-state index contributed by atoms with van der Waals surface area (Å²) in [6, 6.07) is 14.4. The third kappa shape index (κ3) is 3.01. The van der Waals surface area contributed by atoms with E-state index < -0.39 is 5.97 Å². The van der Waals surface area contributed by atoms with E-state index in [9.17, 15) is 9.59 Å². The molecule has 1 aliphatic carbocycles. The van der Waals surface area contributed by atoms with E-state index in [4.69, 9.17) is 10.5 Å². The quantitative estimate of drug-likeness (QED) is 0.522. The first kappa shape index (κ1) is 14.3. The number of benzene rings is 2. The van der Waals surface area contributed by atoms with Crippen molar-refractivity contribution < 1.29 is 14.3 Å². The van der Waals surface area contributed by atoms with Crippen molar-refractivity contribution in [3.05, 3.63) is 65.2 Å². The molecule has 1 saturated carbocycles. The second-order valence-corrected chi connectivity index (χ2v) is 5.47. The molecule has 2 aromatic carbocycles. The molecule has 0 heterocycles. The Balaban J connectivity index is 1.80. The van der Waals surface area contributed by atoms with Gasteiger partial charge >= 0.3 is 5.97 Å². The molecular formula is C18H17NO3. The zero-order valence-corrected chi connectivity index (χ0v) is 12.1. The Hall–Kier alpha value is -2.62. The molecule has 0 saturated heterocycles. The molecule has 0 bridgehead atoms. The summed E-state index contributed by atoms with van der Waals surface area (Å²) in [5.41, 5.74) is 7.63. The summed E-state index contributed by atoms with van der Waals surface area (Å²) in [6.07, 6.45) is 1.76. The third-order valence-corrected chi connectivity index (χ3v) is 3.73. The molecule has 0 atom stereocenters. The molecule has 22 heavy (non-hydrogen) atoms. The minimum Gasteiger partial charge on any atom is -0.457 e. The van der Waals surface area contributed by atoms with Gasteiger partial charge in [0.25, 0.3) is 0 Å². The number of carbonyl (C=O) groups excluding carboxylic acids is 2. The number of hydrogen-bond acceptors (Lipinski definition) is 4. The first-order valence-corrected chi connectivity index (χ1v) is 7.30. The fraction of sp³-hybridized carbons (Fsp3) is 0.222. The van der Waals surface area contributed by atoms with E-state index in [1.54, 1.807) is 18.2 Å². The minimum absolute atomic E-state index is 0.0149. The van der Waals surface area contributed by atoms with Gasteiger partial charge in [-0.3, -0.25) is 4.79 Å². The summed E-state index contributed by atoms with van der Waals surface area (Å²) in [6.45, 7) is 0.158. The maximum atomic E-state index is 12.4. The van der Waals surface area contributed by atoms with Crippen LogP contribution in [-0.4, -0.2) is 11.8 Å². The average Bonchev–Trinajstić information content (AvgIpc) is 3.37. The van der Waals surface area contributed by atoms with Crippen molar-refractivity contribution >= 4 is 17.4 Å². The molecule has 0 radical (unpaired) electrons. The van der Waals surface area contributed by atoms with Crippen LogP contribution < -0.4 is 5.73 Å². The molecule has 3 rings (SSSR count). The van der Waals surface area contributed by atoms with E-state index in [0.717, 1.165) is 18.4 Å². The van der Waals surface area contributed by atoms with Gasteiger partial charge in [0.1, 0.15) is 6.61 Å². The number of hydrogen-bond donors (Lipinski definition) is 1. The molecule has 0 amide bonds. The lowest BCUT2D eigenvalue weighted by atomic mass is 9.99. The lowest BCUT2D eigenvalue weighted by molar-refractivity contribution is 0.0471. The van der Waals surface area contributed by atoms with Crippen LogP contribution in [0.25, 0.3) is 0 Å². The summed E-state index contributed by atoms with van der Waals surface area (Å²) >= 11 is 0. The number of carbonyl (C=O) groups is 2. The summed E-state index contributed by atoms with van der Waals surface area (Å²) in [7, 11) is 0. The number of ether oxygens (including phenoxy) is 1. The van der Waals surface area contributed by atoms with E-state index >= 15 is 0 Å². The van der Waals surface area contributed by atoms with Crippen LogP contribution in [0.5, 0.6) is 0 Å². The van der Waals surface area contributed by atoms with Crippen LogP contribution in [0.2, 0.25) is 0 Å². The van der Waals surface area contributed by atoms with Crippen LogP contribution in [0.15, 0.2) is 48.5 Å². The van der Waals surface area contributed by atoms with Gasteiger partial charge in [-0.05, 0) is 24.5 Å². The fourth-order valence-corrected chi connectivity index (χ4v) is 2.36. The van der Waals surface area contributed by atoms with Gasteiger partial charge in [-0.15, -0.1) is 0 Å². The highest BCUT2D eigenvalue weighted by atomic mass is 16.5. The van der Waals surface area contributed by atoms with Crippen LogP contribution in [0, 0.1) is 5.92 Å². The molecular weight excluding hydrogens is 278 g/mol. The highest BCUT2D eigenvalue weighted by molar-refractivity contribution is 6.10. The molecule has 4 nitrogen and oxygen atoms in total. The predicted octanol–water partition coefficient (Wildman–Crippen LogP) is 3.22. The van der Waals surface area contributed by atoms with Gasteiger partial charge in [0.15, 0.2) is 5.78 Å². The van der Waals surface area contributed by atoms with Crippen molar-refractivity contribution in [1.29, 1.82) is 0 Å². The van der Waals surface area contributed by atoms with Gasteiger partial charge < -0.3 is 10.5 Å². The normalized spacial score (nSPS) is 13.6. The Morgan fingerprint density at radius 2 is 1.77 bits per heavy atom. The molecule has 0 aromatic heterocycles. The molecule has 112 valence electrons. The van der Waals surface area contributed by atoms with E-state index in [2.05, 4.69) is 0 Å². The Kier molecular flexibility index (Phi) is 3.92. The van der Waals surface area contributed by atoms with Crippen LogP contribution in [-0.2, 0) is 11.3 Å². The highest BCUT2D eigenvalue weighted by Gasteiger charge is 2.33. The number of Topliss-reactive ketones (excluding diaryl/α,β-unsaturated/α-hetero) is 1. The van der Waals surface area contributed by atoms with Crippen molar-refractivity contribution in [2.24, 2.45) is 5.92 Å². The lowest BCUT2D eigenvalue weighted by Crippen LogP contribution is -2.15. The standard InChI is InChI=1S/C18H17NO3/c19-15-8-4-7-14(17(20)13-9-10-13)16(15)18(21)22-11-12-5-2-1-3-6-12/h1-8,13H,9-11,19H2. The molecule has 0 spiro atoms. The van der Waals surface area contributed by atoms with Gasteiger partial charge in [-0.25, -0.2) is 4.79 Å². The van der Waals surface area contributed by atoms with Crippen molar-refractivity contribution in [2.75, 3.05) is 5.73 Å². The molecule has 0 unspecified atom stereocenters. The monoisotopic (exact) mass is 295 g/mol. The van der Waals surface area contributed by atoms with Gasteiger partial charge in [0.2, 0.25) is 0 Å². The second kappa shape index (κ2) is 6.02. The second-order valence-electron chi connectivity index (χ2n) is 5.47. The smallest absolute Gasteiger partial charge is 0.341 e. The molecule has 2 N–H and O–H groups in total. The van der Waals surface area contributed by atoms with Crippen molar-refractivity contribution in [2.45, 2.75) is 19.4 Å². The lowest BCUT2D eigenvalue weighted by Gasteiger charge is -2.11. The van der Waals surface area contributed by atoms with Gasteiger partial charge in [-0.1, -0.05) is 42.5 Å². The number of esters is 1. The van der Waals surface area contributed by atoms with Gasteiger partial charge in [-0.2, -0.15) is 0 Å². The molecule has 1 aliphatic rings. The maximum absolute atomic E-state index is 12.4. The maximum Gasteiger partial charge on any atom is 0.341 e. The van der Waals surface area contributed by atoms with Crippen LogP contribution in [0.1, 0.15) is 39.1 Å². The summed E-state index contributed by atoms with van der Waals surface area (Å²) in [5.74, 6) is -0.535. The zero-order valence-electron chi connectivity index (χ0n) is 12.1. The molecule has 2 aromatic rings. The number of ketones is 1. The zero-order chi connectivity index (χ0) is 15.5.